The second-order valence-corrected chi connectivity index (χ2v) is 20.3. The zero-order valence-electron chi connectivity index (χ0n) is 45.2. The maximum atomic E-state index is 12.9. The highest BCUT2D eigenvalue weighted by molar-refractivity contribution is 5.71. The van der Waals surface area contributed by atoms with Crippen molar-refractivity contribution in [3.8, 4) is 0 Å². The van der Waals surface area contributed by atoms with Crippen molar-refractivity contribution in [3.63, 3.8) is 0 Å². The summed E-state index contributed by atoms with van der Waals surface area (Å²) in [4.78, 5) is 38.1. The smallest absolute Gasteiger partial charge is 0.306 e. The van der Waals surface area contributed by atoms with E-state index < -0.39 is 6.10 Å². The molecule has 0 amide bonds. The van der Waals surface area contributed by atoms with Crippen LogP contribution in [0, 0.1) is 0 Å². The van der Waals surface area contributed by atoms with Gasteiger partial charge in [-0.3, -0.25) is 14.4 Å². The highest BCUT2D eigenvalue weighted by Gasteiger charge is 2.19. The lowest BCUT2D eigenvalue weighted by molar-refractivity contribution is -0.167. The van der Waals surface area contributed by atoms with E-state index in [2.05, 4.69) is 45.1 Å². The number of ether oxygens (including phenoxy) is 3. The van der Waals surface area contributed by atoms with E-state index >= 15 is 0 Å². The van der Waals surface area contributed by atoms with Gasteiger partial charge in [0.25, 0.3) is 0 Å². The second kappa shape index (κ2) is 56.5. The van der Waals surface area contributed by atoms with Crippen molar-refractivity contribution < 1.29 is 28.6 Å². The van der Waals surface area contributed by atoms with Crippen molar-refractivity contribution in [2.75, 3.05) is 13.2 Å². The fraction of sp³-hybridized carbons (Fsp3) is 0.885. The van der Waals surface area contributed by atoms with Crippen LogP contribution in [-0.4, -0.2) is 37.2 Å². The fourth-order valence-electron chi connectivity index (χ4n) is 8.95. The minimum atomic E-state index is -0.767. The van der Waals surface area contributed by atoms with E-state index in [1.54, 1.807) is 0 Å². The molecule has 0 aromatic rings. The summed E-state index contributed by atoms with van der Waals surface area (Å²) < 4.78 is 16.9. The molecule has 0 aliphatic carbocycles. The van der Waals surface area contributed by atoms with Crippen LogP contribution in [0.15, 0.2) is 24.3 Å². The first kappa shape index (κ1) is 64.9. The molecule has 0 N–H and O–H groups in total. The van der Waals surface area contributed by atoms with Gasteiger partial charge in [0.05, 0.1) is 0 Å². The minimum absolute atomic E-state index is 0.0668. The minimum Gasteiger partial charge on any atom is -0.462 e. The van der Waals surface area contributed by atoms with Crippen molar-refractivity contribution in [2.24, 2.45) is 0 Å². The van der Waals surface area contributed by atoms with Gasteiger partial charge in [-0.05, 0) is 51.4 Å². The highest BCUT2D eigenvalue weighted by atomic mass is 16.6. The van der Waals surface area contributed by atoms with Crippen molar-refractivity contribution in [3.05, 3.63) is 24.3 Å². The number of carbonyl (C=O) groups excluding carboxylic acids is 3. The molecule has 0 aliphatic rings. The van der Waals surface area contributed by atoms with Crippen molar-refractivity contribution in [1.82, 2.24) is 0 Å². The van der Waals surface area contributed by atoms with Crippen LogP contribution in [0.3, 0.4) is 0 Å². The number of esters is 3. The summed E-state index contributed by atoms with van der Waals surface area (Å²) in [5.74, 6) is -0.849. The molecule has 6 nitrogen and oxygen atoms in total. The zero-order chi connectivity index (χ0) is 48.6. The average molecular weight is 944 g/mol. The fourth-order valence-corrected chi connectivity index (χ4v) is 8.95. The lowest BCUT2D eigenvalue weighted by atomic mass is 10.0. The number of hydrogen-bond acceptors (Lipinski definition) is 6. The van der Waals surface area contributed by atoms with E-state index in [0.717, 1.165) is 64.2 Å². The predicted molar refractivity (Wildman–Crippen MR) is 289 cm³/mol. The van der Waals surface area contributed by atoms with Crippen molar-refractivity contribution >= 4 is 17.9 Å². The Bertz CT molecular complexity index is 1080. The van der Waals surface area contributed by atoms with Gasteiger partial charge in [0.15, 0.2) is 6.10 Å². The molecule has 0 radical (unpaired) electrons. The van der Waals surface area contributed by atoms with Crippen LogP contribution in [0.1, 0.15) is 329 Å². The Morgan fingerprint density at radius 2 is 0.537 bits per heavy atom. The van der Waals surface area contributed by atoms with Gasteiger partial charge in [-0.2, -0.15) is 0 Å². The third-order valence-corrected chi connectivity index (χ3v) is 13.5. The highest BCUT2D eigenvalue weighted by Crippen LogP contribution is 2.17. The quantitative estimate of drug-likeness (QED) is 0.0262. The maximum Gasteiger partial charge on any atom is 0.306 e. The molecule has 0 aliphatic heterocycles. The lowest BCUT2D eigenvalue weighted by Gasteiger charge is -2.18. The van der Waals surface area contributed by atoms with Gasteiger partial charge >= 0.3 is 17.9 Å². The van der Waals surface area contributed by atoms with E-state index in [4.69, 9.17) is 14.2 Å². The number of rotatable bonds is 55. The largest absolute Gasteiger partial charge is 0.462 e. The van der Waals surface area contributed by atoms with E-state index in [0.29, 0.717) is 19.3 Å². The Labute approximate surface area is 417 Å². The molecule has 394 valence electrons. The molecule has 0 spiro atoms. The molecule has 0 rings (SSSR count). The maximum absolute atomic E-state index is 12.9. The summed E-state index contributed by atoms with van der Waals surface area (Å²) in [6.45, 7) is 6.66. The normalized spacial score (nSPS) is 12.1. The molecule has 0 saturated heterocycles. The Balaban J connectivity index is 4.27. The molecular weight excluding hydrogens is 829 g/mol. The number of hydrogen-bond donors (Lipinski definition) is 0. The lowest BCUT2D eigenvalue weighted by Crippen LogP contribution is -2.30. The van der Waals surface area contributed by atoms with Crippen LogP contribution in [0.5, 0.6) is 0 Å². The number of allylic oxidation sites excluding steroid dienone is 4. The van der Waals surface area contributed by atoms with E-state index in [-0.39, 0.29) is 31.1 Å². The second-order valence-electron chi connectivity index (χ2n) is 20.3. The Kier molecular flexibility index (Phi) is 54.7. The Hall–Kier alpha value is -2.11. The number of unbranched alkanes of at least 4 members (excludes halogenated alkanes) is 40. The van der Waals surface area contributed by atoms with Crippen LogP contribution in [0.25, 0.3) is 0 Å². The van der Waals surface area contributed by atoms with Gasteiger partial charge in [-0.15, -0.1) is 0 Å². The van der Waals surface area contributed by atoms with E-state index in [9.17, 15) is 14.4 Å². The summed E-state index contributed by atoms with van der Waals surface area (Å²) in [6, 6.07) is 0. The van der Waals surface area contributed by atoms with Crippen LogP contribution < -0.4 is 0 Å². The summed E-state index contributed by atoms with van der Waals surface area (Å²) >= 11 is 0. The van der Waals surface area contributed by atoms with Gasteiger partial charge in [0, 0.05) is 19.3 Å². The first-order chi connectivity index (χ1) is 33.0. The first-order valence-corrected chi connectivity index (χ1v) is 29.8. The van der Waals surface area contributed by atoms with Gasteiger partial charge in [0.1, 0.15) is 13.2 Å². The number of carbonyl (C=O) groups is 3. The molecular formula is C61H114O6. The summed E-state index contributed by atoms with van der Waals surface area (Å²) in [5.41, 5.74) is 0. The summed E-state index contributed by atoms with van der Waals surface area (Å²) in [7, 11) is 0. The monoisotopic (exact) mass is 943 g/mol. The van der Waals surface area contributed by atoms with Gasteiger partial charge in [0.2, 0.25) is 0 Å². The van der Waals surface area contributed by atoms with Crippen molar-refractivity contribution in [2.45, 2.75) is 335 Å². The molecule has 0 aromatic heterocycles. The SMILES string of the molecule is CCCCC/C=C\C/C=C\CCCCCCCCCCCC(=O)OC[C@H](COC(=O)CCCCCCCCCCCCC)OC(=O)CCCCCCCCCCCCCCCCCCCCC. The molecule has 0 unspecified atom stereocenters. The molecule has 0 aromatic carbocycles. The van der Waals surface area contributed by atoms with Crippen LogP contribution in [0.2, 0.25) is 0 Å². The molecule has 0 bridgehead atoms. The zero-order valence-corrected chi connectivity index (χ0v) is 45.2. The molecule has 0 fully saturated rings. The van der Waals surface area contributed by atoms with Crippen LogP contribution >= 0.6 is 0 Å². The van der Waals surface area contributed by atoms with Gasteiger partial charge in [-0.1, -0.05) is 283 Å². The van der Waals surface area contributed by atoms with Crippen LogP contribution in [0.4, 0.5) is 0 Å². The van der Waals surface area contributed by atoms with Crippen molar-refractivity contribution in [1.29, 1.82) is 0 Å². The Morgan fingerprint density at radius 3 is 0.851 bits per heavy atom. The van der Waals surface area contributed by atoms with Crippen LogP contribution in [-0.2, 0) is 28.6 Å². The van der Waals surface area contributed by atoms with Gasteiger partial charge < -0.3 is 14.2 Å². The van der Waals surface area contributed by atoms with E-state index in [1.807, 2.05) is 0 Å². The first-order valence-electron chi connectivity index (χ1n) is 29.8. The molecule has 1 atom stereocenters. The van der Waals surface area contributed by atoms with Gasteiger partial charge in [-0.25, -0.2) is 0 Å². The third-order valence-electron chi connectivity index (χ3n) is 13.5. The predicted octanol–water partition coefficient (Wildman–Crippen LogP) is 19.9. The molecule has 0 saturated carbocycles. The standard InChI is InChI=1S/C61H114O6/c1-4-7-10-13-16-19-22-24-26-28-30-32-34-36-39-42-45-48-51-54-60(63)66-57-58(56-65-59(62)53-50-47-44-41-38-21-18-15-12-9-6-3)67-61(64)55-52-49-46-43-40-37-35-33-31-29-27-25-23-20-17-14-11-8-5-2/h16,19,24,26,58H,4-15,17-18,20-23,25,27-57H2,1-3H3/b19-16-,26-24-/t58-/m0/s1. The average Bonchev–Trinajstić information content (AvgIpc) is 3.33. The molecule has 0 heterocycles. The summed E-state index contributed by atoms with van der Waals surface area (Å²) in [5, 5.41) is 0. The Morgan fingerprint density at radius 1 is 0.299 bits per heavy atom. The topological polar surface area (TPSA) is 78.9 Å². The third kappa shape index (κ3) is 54.7. The molecule has 67 heavy (non-hydrogen) atoms. The van der Waals surface area contributed by atoms with E-state index in [1.165, 1.54) is 225 Å². The molecule has 6 heteroatoms. The summed E-state index contributed by atoms with van der Waals surface area (Å²) in [6.07, 6.45) is 66.0.